The Morgan fingerprint density at radius 1 is 1.38 bits per heavy atom. The molecule has 94 valence electrons. The van der Waals surface area contributed by atoms with E-state index in [0.29, 0.717) is 12.5 Å². The van der Waals surface area contributed by atoms with E-state index in [9.17, 15) is 4.79 Å². The first-order valence-corrected chi connectivity index (χ1v) is 6.26. The molecular formula is C12H24N2O2. The van der Waals surface area contributed by atoms with E-state index in [1.165, 1.54) is 6.42 Å². The second-order valence-electron chi connectivity index (χ2n) is 4.72. The zero-order valence-electron chi connectivity index (χ0n) is 10.5. The number of carbonyl (C=O) groups excluding carboxylic acids is 1. The van der Waals surface area contributed by atoms with Crippen molar-refractivity contribution < 1.29 is 9.53 Å². The van der Waals surface area contributed by atoms with Crippen LogP contribution >= 0.6 is 0 Å². The second kappa shape index (κ2) is 7.63. The van der Waals surface area contributed by atoms with E-state index in [4.69, 9.17) is 4.74 Å². The summed E-state index contributed by atoms with van der Waals surface area (Å²) in [5.74, 6) is 0.846. The van der Waals surface area contributed by atoms with Gasteiger partial charge in [0, 0.05) is 32.8 Å². The summed E-state index contributed by atoms with van der Waals surface area (Å²) in [5, 5.41) is 3.22. The molecule has 0 aliphatic carbocycles. The predicted molar refractivity (Wildman–Crippen MR) is 64.3 cm³/mol. The van der Waals surface area contributed by atoms with Gasteiger partial charge in [0.15, 0.2) is 0 Å². The van der Waals surface area contributed by atoms with Gasteiger partial charge in [-0.1, -0.05) is 13.8 Å². The third kappa shape index (κ3) is 5.47. The molecule has 0 bridgehead atoms. The van der Waals surface area contributed by atoms with Gasteiger partial charge in [0.25, 0.3) is 0 Å². The van der Waals surface area contributed by atoms with Crippen molar-refractivity contribution >= 4 is 5.91 Å². The van der Waals surface area contributed by atoms with Gasteiger partial charge in [-0.05, 0) is 18.8 Å². The van der Waals surface area contributed by atoms with Gasteiger partial charge in [-0.15, -0.1) is 0 Å². The molecule has 1 heterocycles. The lowest BCUT2D eigenvalue weighted by Gasteiger charge is -2.27. The lowest BCUT2D eigenvalue weighted by Crippen LogP contribution is -2.47. The van der Waals surface area contributed by atoms with Crippen molar-refractivity contribution in [2.75, 3.05) is 39.4 Å². The number of ether oxygens (including phenoxy) is 1. The molecule has 1 N–H and O–H groups in total. The summed E-state index contributed by atoms with van der Waals surface area (Å²) < 4.78 is 5.39. The summed E-state index contributed by atoms with van der Waals surface area (Å²) in [6.45, 7) is 8.78. The molecule has 0 aromatic carbocycles. The van der Waals surface area contributed by atoms with Crippen LogP contribution < -0.4 is 5.32 Å². The van der Waals surface area contributed by atoms with E-state index in [0.717, 1.165) is 32.6 Å². The van der Waals surface area contributed by atoms with Gasteiger partial charge in [-0.3, -0.25) is 4.79 Å². The van der Waals surface area contributed by atoms with Crippen molar-refractivity contribution in [1.29, 1.82) is 0 Å². The summed E-state index contributed by atoms with van der Waals surface area (Å²) in [5.41, 5.74) is 0. The number of hydrogen-bond acceptors (Lipinski definition) is 3. The van der Waals surface area contributed by atoms with Crippen LogP contribution in [0.1, 0.15) is 26.7 Å². The van der Waals surface area contributed by atoms with Gasteiger partial charge >= 0.3 is 0 Å². The van der Waals surface area contributed by atoms with Crippen molar-refractivity contribution in [2.45, 2.75) is 26.7 Å². The molecule has 0 aromatic heterocycles. The summed E-state index contributed by atoms with van der Waals surface area (Å²) in [6.07, 6.45) is 2.22. The molecular weight excluding hydrogens is 204 g/mol. The van der Waals surface area contributed by atoms with Crippen LogP contribution in [0.2, 0.25) is 0 Å². The molecule has 0 spiro atoms. The first-order valence-electron chi connectivity index (χ1n) is 6.26. The fourth-order valence-electron chi connectivity index (χ4n) is 1.76. The Bertz CT molecular complexity index is 201. The van der Waals surface area contributed by atoms with E-state index in [2.05, 4.69) is 19.2 Å². The van der Waals surface area contributed by atoms with E-state index in [1.807, 2.05) is 4.90 Å². The Kier molecular flexibility index (Phi) is 6.42. The Morgan fingerprint density at radius 3 is 2.69 bits per heavy atom. The maximum Gasteiger partial charge on any atom is 0.248 e. The standard InChI is InChI=1S/C12H24N2O2/c1-11(2)4-3-9-16-10-12(15)14-7-5-13-6-8-14/h11,13H,3-10H2,1-2H3. The van der Waals surface area contributed by atoms with Crippen LogP contribution in [0, 0.1) is 5.92 Å². The molecule has 0 unspecified atom stereocenters. The molecule has 4 heteroatoms. The van der Waals surface area contributed by atoms with E-state index in [-0.39, 0.29) is 12.5 Å². The van der Waals surface area contributed by atoms with Crippen molar-refractivity contribution in [1.82, 2.24) is 10.2 Å². The maximum atomic E-state index is 11.7. The predicted octanol–water partition coefficient (Wildman–Crippen LogP) is 0.871. The van der Waals surface area contributed by atoms with Crippen molar-refractivity contribution in [3.8, 4) is 0 Å². The Morgan fingerprint density at radius 2 is 2.06 bits per heavy atom. The molecule has 4 nitrogen and oxygen atoms in total. The SMILES string of the molecule is CC(C)CCCOCC(=O)N1CCNCC1. The smallest absolute Gasteiger partial charge is 0.248 e. The van der Waals surface area contributed by atoms with E-state index < -0.39 is 0 Å². The first-order chi connectivity index (χ1) is 7.70. The number of piperazine rings is 1. The molecule has 1 aliphatic heterocycles. The lowest BCUT2D eigenvalue weighted by atomic mass is 10.1. The zero-order chi connectivity index (χ0) is 11.8. The van der Waals surface area contributed by atoms with Crippen LogP contribution in [-0.4, -0.2) is 50.2 Å². The Labute approximate surface area is 98.3 Å². The van der Waals surface area contributed by atoms with Gasteiger partial charge in [0.2, 0.25) is 5.91 Å². The second-order valence-corrected chi connectivity index (χ2v) is 4.72. The number of hydrogen-bond donors (Lipinski definition) is 1. The molecule has 1 amide bonds. The van der Waals surface area contributed by atoms with Crippen LogP contribution in [0.3, 0.4) is 0 Å². The maximum absolute atomic E-state index is 11.7. The quantitative estimate of drug-likeness (QED) is 0.686. The molecule has 0 aromatic rings. The van der Waals surface area contributed by atoms with Crippen LogP contribution in [-0.2, 0) is 9.53 Å². The highest BCUT2D eigenvalue weighted by molar-refractivity contribution is 5.77. The van der Waals surface area contributed by atoms with E-state index >= 15 is 0 Å². The molecule has 0 atom stereocenters. The third-order valence-corrected chi connectivity index (χ3v) is 2.77. The normalized spacial score (nSPS) is 16.8. The van der Waals surface area contributed by atoms with Gasteiger partial charge in [0.05, 0.1) is 0 Å². The number of nitrogens with one attached hydrogen (secondary N) is 1. The summed E-state index contributed by atoms with van der Waals surface area (Å²) in [7, 11) is 0. The number of rotatable bonds is 6. The monoisotopic (exact) mass is 228 g/mol. The average Bonchev–Trinajstić information content (AvgIpc) is 2.29. The minimum absolute atomic E-state index is 0.131. The minimum atomic E-state index is 0.131. The van der Waals surface area contributed by atoms with Crippen LogP contribution in [0.15, 0.2) is 0 Å². The average molecular weight is 228 g/mol. The molecule has 1 rings (SSSR count). The highest BCUT2D eigenvalue weighted by Crippen LogP contribution is 2.03. The highest BCUT2D eigenvalue weighted by atomic mass is 16.5. The van der Waals surface area contributed by atoms with Crippen molar-refractivity contribution in [2.24, 2.45) is 5.92 Å². The van der Waals surface area contributed by atoms with Crippen LogP contribution in [0.5, 0.6) is 0 Å². The minimum Gasteiger partial charge on any atom is -0.372 e. The number of nitrogens with zero attached hydrogens (tertiary/aromatic N) is 1. The van der Waals surface area contributed by atoms with Crippen molar-refractivity contribution in [3.63, 3.8) is 0 Å². The molecule has 1 aliphatic rings. The molecule has 16 heavy (non-hydrogen) atoms. The van der Waals surface area contributed by atoms with Crippen molar-refractivity contribution in [3.05, 3.63) is 0 Å². The topological polar surface area (TPSA) is 41.6 Å². The molecule has 1 fully saturated rings. The summed E-state index contributed by atoms with van der Waals surface area (Å²) >= 11 is 0. The van der Waals surface area contributed by atoms with Crippen LogP contribution in [0.25, 0.3) is 0 Å². The fourth-order valence-corrected chi connectivity index (χ4v) is 1.76. The number of carbonyl (C=O) groups is 1. The molecule has 1 saturated heterocycles. The third-order valence-electron chi connectivity index (χ3n) is 2.77. The largest absolute Gasteiger partial charge is 0.372 e. The summed E-state index contributed by atoms with van der Waals surface area (Å²) in [4.78, 5) is 13.5. The molecule has 0 saturated carbocycles. The zero-order valence-corrected chi connectivity index (χ0v) is 10.5. The fraction of sp³-hybridized carbons (Fsp3) is 0.917. The highest BCUT2D eigenvalue weighted by Gasteiger charge is 2.15. The van der Waals surface area contributed by atoms with Gasteiger partial charge in [-0.25, -0.2) is 0 Å². The number of amides is 1. The Hall–Kier alpha value is -0.610. The Balaban J connectivity index is 2.01. The van der Waals surface area contributed by atoms with Gasteiger partial charge in [0.1, 0.15) is 6.61 Å². The van der Waals surface area contributed by atoms with Gasteiger partial charge < -0.3 is 15.0 Å². The molecule has 0 radical (unpaired) electrons. The van der Waals surface area contributed by atoms with Crippen LogP contribution in [0.4, 0.5) is 0 Å². The summed E-state index contributed by atoms with van der Waals surface area (Å²) in [6, 6.07) is 0. The first kappa shape index (κ1) is 13.5. The van der Waals surface area contributed by atoms with Gasteiger partial charge in [-0.2, -0.15) is 0 Å². The lowest BCUT2D eigenvalue weighted by molar-refractivity contribution is -0.136. The van der Waals surface area contributed by atoms with E-state index in [1.54, 1.807) is 0 Å².